The molecule has 1 aromatic rings. The van der Waals surface area contributed by atoms with E-state index < -0.39 is 5.97 Å². The molecule has 1 N–H and O–H groups in total. The van der Waals surface area contributed by atoms with E-state index in [1.54, 1.807) is 13.0 Å². The van der Waals surface area contributed by atoms with Crippen molar-refractivity contribution in [1.82, 2.24) is 0 Å². The lowest BCUT2D eigenvalue weighted by atomic mass is 10.1. The molecule has 0 saturated heterocycles. The summed E-state index contributed by atoms with van der Waals surface area (Å²) in [6, 6.07) is 2.99. The van der Waals surface area contributed by atoms with Crippen LogP contribution in [0.3, 0.4) is 0 Å². The number of ether oxygens (including phenoxy) is 3. The van der Waals surface area contributed by atoms with Crippen LogP contribution in [0.2, 0.25) is 0 Å². The van der Waals surface area contributed by atoms with Gasteiger partial charge in [0.1, 0.15) is 24.5 Å². The van der Waals surface area contributed by atoms with Crippen LogP contribution in [0.1, 0.15) is 17.3 Å². The fourth-order valence-electron chi connectivity index (χ4n) is 1.51. The van der Waals surface area contributed by atoms with Crippen LogP contribution in [-0.2, 0) is 0 Å². The third-order valence-corrected chi connectivity index (χ3v) is 2.17. The molecule has 0 atom stereocenters. The molecule has 0 saturated carbocycles. The maximum Gasteiger partial charge on any atom is 0.339 e. The number of hydrogen-bond acceptors (Lipinski definition) is 4. The molecule has 2 rings (SSSR count). The Kier molecular flexibility index (Phi) is 2.85. The Morgan fingerprint density at radius 2 is 2.00 bits per heavy atom. The minimum absolute atomic E-state index is 0.0890. The Balaban J connectivity index is 2.45. The zero-order chi connectivity index (χ0) is 11.5. The molecule has 1 heterocycles. The van der Waals surface area contributed by atoms with Crippen molar-refractivity contribution < 1.29 is 24.1 Å². The first-order valence-electron chi connectivity index (χ1n) is 5.02. The first kappa shape index (κ1) is 10.6. The van der Waals surface area contributed by atoms with Gasteiger partial charge in [0.05, 0.1) is 6.61 Å². The summed E-state index contributed by atoms with van der Waals surface area (Å²) in [4.78, 5) is 11.0. The van der Waals surface area contributed by atoms with E-state index in [1.165, 1.54) is 6.07 Å². The fourth-order valence-corrected chi connectivity index (χ4v) is 1.51. The Bertz CT molecular complexity index is 413. The van der Waals surface area contributed by atoms with Gasteiger partial charge >= 0.3 is 5.97 Å². The lowest BCUT2D eigenvalue weighted by molar-refractivity contribution is 0.0691. The number of aromatic carboxylic acids is 1. The zero-order valence-corrected chi connectivity index (χ0v) is 8.86. The normalized spacial score (nSPS) is 13.3. The second kappa shape index (κ2) is 4.30. The van der Waals surface area contributed by atoms with Crippen LogP contribution >= 0.6 is 0 Å². The Labute approximate surface area is 92.5 Å². The average molecular weight is 224 g/mol. The van der Waals surface area contributed by atoms with E-state index >= 15 is 0 Å². The van der Waals surface area contributed by atoms with E-state index in [9.17, 15) is 4.79 Å². The summed E-state index contributed by atoms with van der Waals surface area (Å²) in [7, 11) is 0. The summed E-state index contributed by atoms with van der Waals surface area (Å²) in [6.45, 7) is 3.09. The molecule has 0 bridgehead atoms. The first-order chi connectivity index (χ1) is 7.72. The van der Waals surface area contributed by atoms with Crippen molar-refractivity contribution in [1.29, 1.82) is 0 Å². The number of carboxylic acids is 1. The number of rotatable bonds is 3. The number of carboxylic acid groups (broad SMARTS) is 1. The largest absolute Gasteiger partial charge is 0.493 e. The Morgan fingerprint density at radius 3 is 2.56 bits per heavy atom. The van der Waals surface area contributed by atoms with Gasteiger partial charge in [0.15, 0.2) is 11.5 Å². The topological polar surface area (TPSA) is 65.0 Å². The summed E-state index contributed by atoms with van der Waals surface area (Å²) in [5.74, 6) is 0.242. The molecule has 0 amide bonds. The molecule has 16 heavy (non-hydrogen) atoms. The predicted molar refractivity (Wildman–Crippen MR) is 55.6 cm³/mol. The molecule has 0 unspecified atom stereocenters. The van der Waals surface area contributed by atoms with Crippen molar-refractivity contribution >= 4 is 5.97 Å². The van der Waals surface area contributed by atoms with Gasteiger partial charge in [-0.3, -0.25) is 0 Å². The molecule has 0 spiro atoms. The van der Waals surface area contributed by atoms with E-state index in [2.05, 4.69) is 0 Å². The summed E-state index contributed by atoms with van der Waals surface area (Å²) in [6.07, 6.45) is 0. The van der Waals surface area contributed by atoms with Crippen LogP contribution in [0.15, 0.2) is 12.1 Å². The third-order valence-electron chi connectivity index (χ3n) is 2.17. The van der Waals surface area contributed by atoms with Crippen molar-refractivity contribution in [2.45, 2.75) is 6.92 Å². The van der Waals surface area contributed by atoms with E-state index in [0.29, 0.717) is 37.1 Å². The second-order valence-electron chi connectivity index (χ2n) is 3.23. The molecule has 0 fully saturated rings. The highest BCUT2D eigenvalue weighted by atomic mass is 16.6. The molecule has 1 aromatic carbocycles. The summed E-state index contributed by atoms with van der Waals surface area (Å²) >= 11 is 0. The molecule has 5 nitrogen and oxygen atoms in total. The summed E-state index contributed by atoms with van der Waals surface area (Å²) in [5, 5.41) is 9.02. The van der Waals surface area contributed by atoms with E-state index in [-0.39, 0.29) is 5.56 Å². The van der Waals surface area contributed by atoms with Gasteiger partial charge in [-0.15, -0.1) is 0 Å². The maximum absolute atomic E-state index is 11.0. The quantitative estimate of drug-likeness (QED) is 0.843. The lowest BCUT2D eigenvalue weighted by Gasteiger charge is -2.20. The molecule has 0 radical (unpaired) electrons. The average Bonchev–Trinajstić information content (AvgIpc) is 2.28. The lowest BCUT2D eigenvalue weighted by Crippen LogP contribution is -2.16. The van der Waals surface area contributed by atoms with Gasteiger partial charge in [0.25, 0.3) is 0 Å². The van der Waals surface area contributed by atoms with Gasteiger partial charge < -0.3 is 19.3 Å². The van der Waals surface area contributed by atoms with Crippen LogP contribution in [-0.4, -0.2) is 30.9 Å². The SMILES string of the molecule is CCOc1cc2c(cc1C(=O)O)OCCO2. The number of hydrogen-bond donors (Lipinski definition) is 1. The second-order valence-corrected chi connectivity index (χ2v) is 3.23. The molecular formula is C11H12O5. The van der Waals surface area contributed by atoms with Crippen LogP contribution in [0, 0.1) is 0 Å². The van der Waals surface area contributed by atoms with E-state index in [4.69, 9.17) is 19.3 Å². The monoisotopic (exact) mass is 224 g/mol. The van der Waals surface area contributed by atoms with Gasteiger partial charge in [-0.05, 0) is 6.92 Å². The van der Waals surface area contributed by atoms with Crippen molar-refractivity contribution in [3.05, 3.63) is 17.7 Å². The van der Waals surface area contributed by atoms with Gasteiger partial charge in [0, 0.05) is 12.1 Å². The molecule has 86 valence electrons. The first-order valence-corrected chi connectivity index (χ1v) is 5.02. The number of benzene rings is 1. The van der Waals surface area contributed by atoms with Gasteiger partial charge in [0.2, 0.25) is 0 Å². The van der Waals surface area contributed by atoms with Crippen molar-refractivity contribution in [2.75, 3.05) is 19.8 Å². The van der Waals surface area contributed by atoms with Gasteiger partial charge in [-0.25, -0.2) is 4.79 Å². The summed E-state index contributed by atoms with van der Waals surface area (Å²) < 4.78 is 15.9. The van der Waals surface area contributed by atoms with E-state index in [0.717, 1.165) is 0 Å². The van der Waals surface area contributed by atoms with Crippen LogP contribution in [0.25, 0.3) is 0 Å². The fraction of sp³-hybridized carbons (Fsp3) is 0.364. The Morgan fingerprint density at radius 1 is 1.38 bits per heavy atom. The molecule has 1 aliphatic heterocycles. The number of carbonyl (C=O) groups is 1. The highest BCUT2D eigenvalue weighted by Gasteiger charge is 2.20. The van der Waals surface area contributed by atoms with Crippen LogP contribution in [0.4, 0.5) is 0 Å². The molecule has 0 aliphatic carbocycles. The highest BCUT2D eigenvalue weighted by Crippen LogP contribution is 2.36. The van der Waals surface area contributed by atoms with Gasteiger partial charge in [-0.2, -0.15) is 0 Å². The summed E-state index contributed by atoms with van der Waals surface area (Å²) in [5.41, 5.74) is 0.0890. The van der Waals surface area contributed by atoms with Crippen molar-refractivity contribution in [2.24, 2.45) is 0 Å². The minimum Gasteiger partial charge on any atom is -0.493 e. The van der Waals surface area contributed by atoms with Crippen LogP contribution < -0.4 is 14.2 Å². The number of fused-ring (bicyclic) bond motifs is 1. The molecule has 1 aliphatic rings. The van der Waals surface area contributed by atoms with E-state index in [1.807, 2.05) is 0 Å². The van der Waals surface area contributed by atoms with Crippen molar-refractivity contribution in [3.8, 4) is 17.2 Å². The minimum atomic E-state index is -1.04. The molecule has 5 heteroatoms. The molecule has 0 aromatic heterocycles. The van der Waals surface area contributed by atoms with Crippen molar-refractivity contribution in [3.63, 3.8) is 0 Å². The Hall–Kier alpha value is -1.91. The smallest absolute Gasteiger partial charge is 0.339 e. The third kappa shape index (κ3) is 1.88. The molecular weight excluding hydrogens is 212 g/mol. The zero-order valence-electron chi connectivity index (χ0n) is 8.86. The highest BCUT2D eigenvalue weighted by molar-refractivity contribution is 5.92. The standard InChI is InChI=1S/C11H12O5/c1-2-14-8-6-10-9(15-3-4-16-10)5-7(8)11(12)13/h5-6H,2-4H2,1H3,(H,12,13). The maximum atomic E-state index is 11.0. The van der Waals surface area contributed by atoms with Gasteiger partial charge in [-0.1, -0.05) is 0 Å². The predicted octanol–water partition coefficient (Wildman–Crippen LogP) is 1.55. The van der Waals surface area contributed by atoms with Crippen LogP contribution in [0.5, 0.6) is 17.2 Å².